The molecule has 0 rings (SSSR count). The standard InChI is InChI=1S/C6H12N2O4/c7-5(10)3-12-4-6(11)8-1-2-9/h9H,1-4H2,(H2,7,10)(H,8,11). The highest BCUT2D eigenvalue weighted by molar-refractivity contribution is 5.78. The summed E-state index contributed by atoms with van der Waals surface area (Å²) in [6.07, 6.45) is 0. The maximum atomic E-state index is 10.7. The zero-order chi connectivity index (χ0) is 9.40. The van der Waals surface area contributed by atoms with Crippen molar-refractivity contribution in [2.24, 2.45) is 5.73 Å². The van der Waals surface area contributed by atoms with E-state index in [0.29, 0.717) is 0 Å². The van der Waals surface area contributed by atoms with Crippen LogP contribution < -0.4 is 11.1 Å². The number of nitrogens with one attached hydrogen (secondary N) is 1. The zero-order valence-corrected chi connectivity index (χ0v) is 6.58. The minimum absolute atomic E-state index is 0.123. The summed E-state index contributed by atoms with van der Waals surface area (Å²) in [5.41, 5.74) is 4.74. The third-order valence-electron chi connectivity index (χ3n) is 0.911. The number of carbonyl (C=O) groups is 2. The van der Waals surface area contributed by atoms with Crippen molar-refractivity contribution in [1.82, 2.24) is 5.32 Å². The van der Waals surface area contributed by atoms with Crippen molar-refractivity contribution < 1.29 is 19.4 Å². The van der Waals surface area contributed by atoms with Crippen molar-refractivity contribution in [3.8, 4) is 0 Å². The molecule has 0 aromatic heterocycles. The molecule has 0 radical (unpaired) electrons. The minimum Gasteiger partial charge on any atom is -0.395 e. The molecule has 0 aliphatic rings. The highest BCUT2D eigenvalue weighted by Crippen LogP contribution is 1.73. The summed E-state index contributed by atoms with van der Waals surface area (Å²) < 4.78 is 4.59. The number of nitrogens with two attached hydrogens (primary N) is 1. The van der Waals surface area contributed by atoms with Crippen molar-refractivity contribution in [3.05, 3.63) is 0 Å². The van der Waals surface area contributed by atoms with E-state index < -0.39 is 5.91 Å². The molecule has 0 aliphatic heterocycles. The van der Waals surface area contributed by atoms with Crippen molar-refractivity contribution in [2.45, 2.75) is 0 Å². The smallest absolute Gasteiger partial charge is 0.246 e. The van der Waals surface area contributed by atoms with Crippen LogP contribution in [-0.4, -0.2) is 43.3 Å². The second-order valence-electron chi connectivity index (χ2n) is 2.03. The molecule has 0 atom stereocenters. The van der Waals surface area contributed by atoms with E-state index in [1.807, 2.05) is 0 Å². The van der Waals surface area contributed by atoms with Crippen LogP contribution in [0, 0.1) is 0 Å². The molecule has 2 amide bonds. The van der Waals surface area contributed by atoms with Gasteiger partial charge in [0.1, 0.15) is 13.2 Å². The van der Waals surface area contributed by atoms with E-state index in [2.05, 4.69) is 10.1 Å². The first-order chi connectivity index (χ1) is 5.66. The number of aliphatic hydroxyl groups excluding tert-OH is 1. The zero-order valence-electron chi connectivity index (χ0n) is 6.58. The van der Waals surface area contributed by atoms with Gasteiger partial charge in [-0.3, -0.25) is 9.59 Å². The summed E-state index contributed by atoms with van der Waals surface area (Å²) in [5, 5.41) is 10.6. The molecule has 6 heteroatoms. The van der Waals surface area contributed by atoms with Gasteiger partial charge < -0.3 is 20.9 Å². The molecule has 0 aromatic rings. The Morgan fingerprint density at radius 1 is 1.42 bits per heavy atom. The maximum absolute atomic E-state index is 10.7. The van der Waals surface area contributed by atoms with Crippen molar-refractivity contribution >= 4 is 11.8 Å². The Hall–Kier alpha value is -1.14. The number of hydrogen-bond donors (Lipinski definition) is 3. The average Bonchev–Trinajstić information content (AvgIpc) is 2.00. The predicted molar refractivity (Wildman–Crippen MR) is 40.1 cm³/mol. The number of ether oxygens (including phenoxy) is 1. The summed E-state index contributed by atoms with van der Waals surface area (Å²) in [4.78, 5) is 20.8. The van der Waals surface area contributed by atoms with Gasteiger partial charge >= 0.3 is 0 Å². The van der Waals surface area contributed by atoms with Crippen LogP contribution in [0.25, 0.3) is 0 Å². The number of hydrogen-bond acceptors (Lipinski definition) is 4. The second kappa shape index (κ2) is 6.56. The van der Waals surface area contributed by atoms with Gasteiger partial charge in [0.2, 0.25) is 11.8 Å². The highest BCUT2D eigenvalue weighted by Gasteiger charge is 2.00. The van der Waals surface area contributed by atoms with Gasteiger partial charge in [-0.25, -0.2) is 0 Å². The first-order valence-electron chi connectivity index (χ1n) is 3.40. The first kappa shape index (κ1) is 10.9. The molecular formula is C6H12N2O4. The van der Waals surface area contributed by atoms with E-state index in [1.54, 1.807) is 0 Å². The quantitative estimate of drug-likeness (QED) is 0.419. The predicted octanol–water partition coefficient (Wildman–Crippen LogP) is -2.40. The molecule has 0 saturated heterocycles. The van der Waals surface area contributed by atoms with Crippen LogP contribution in [0.3, 0.4) is 0 Å². The Kier molecular flexibility index (Phi) is 5.94. The third-order valence-corrected chi connectivity index (χ3v) is 0.911. The van der Waals surface area contributed by atoms with Crippen molar-refractivity contribution in [1.29, 1.82) is 0 Å². The minimum atomic E-state index is -0.620. The summed E-state index contributed by atoms with van der Waals surface area (Å²) in [5.74, 6) is -1.00. The molecule has 0 bridgehead atoms. The van der Waals surface area contributed by atoms with Crippen molar-refractivity contribution in [3.63, 3.8) is 0 Å². The Morgan fingerprint density at radius 2 is 2.08 bits per heavy atom. The number of aliphatic hydroxyl groups is 1. The molecule has 70 valence electrons. The van der Waals surface area contributed by atoms with Gasteiger partial charge in [-0.1, -0.05) is 0 Å². The fourth-order valence-electron chi connectivity index (χ4n) is 0.491. The van der Waals surface area contributed by atoms with Crippen LogP contribution in [-0.2, 0) is 14.3 Å². The molecule has 4 N–H and O–H groups in total. The monoisotopic (exact) mass is 176 g/mol. The van der Waals surface area contributed by atoms with Crippen LogP contribution >= 0.6 is 0 Å². The Balaban J connectivity index is 3.25. The number of primary amides is 1. The lowest BCUT2D eigenvalue weighted by molar-refractivity contribution is -0.129. The SMILES string of the molecule is NC(=O)COCC(=O)NCCO. The van der Waals surface area contributed by atoms with E-state index in [-0.39, 0.29) is 32.3 Å². The molecule has 0 aliphatic carbocycles. The summed E-state index contributed by atoms with van der Waals surface area (Å²) in [6.45, 7) is -0.435. The van der Waals surface area contributed by atoms with Gasteiger partial charge in [0, 0.05) is 6.54 Å². The lowest BCUT2D eigenvalue weighted by Gasteiger charge is -2.02. The topological polar surface area (TPSA) is 102 Å². The molecule has 0 aromatic carbocycles. The van der Waals surface area contributed by atoms with Gasteiger partial charge in [0.05, 0.1) is 6.61 Å². The van der Waals surface area contributed by atoms with Crippen LogP contribution in [0.2, 0.25) is 0 Å². The summed E-state index contributed by atoms with van der Waals surface area (Å²) in [7, 11) is 0. The molecule has 0 unspecified atom stereocenters. The maximum Gasteiger partial charge on any atom is 0.246 e. The van der Waals surface area contributed by atoms with Gasteiger partial charge in [-0.2, -0.15) is 0 Å². The van der Waals surface area contributed by atoms with E-state index in [4.69, 9.17) is 10.8 Å². The van der Waals surface area contributed by atoms with Gasteiger partial charge in [0.15, 0.2) is 0 Å². The number of rotatable bonds is 6. The fraction of sp³-hybridized carbons (Fsp3) is 0.667. The van der Waals surface area contributed by atoms with Gasteiger partial charge in [-0.05, 0) is 0 Å². The van der Waals surface area contributed by atoms with Crippen LogP contribution in [0.4, 0.5) is 0 Å². The second-order valence-corrected chi connectivity index (χ2v) is 2.03. The van der Waals surface area contributed by atoms with Crippen molar-refractivity contribution in [2.75, 3.05) is 26.4 Å². The van der Waals surface area contributed by atoms with Crippen LogP contribution in [0.1, 0.15) is 0 Å². The summed E-state index contributed by atoms with van der Waals surface area (Å²) in [6, 6.07) is 0. The Morgan fingerprint density at radius 3 is 2.58 bits per heavy atom. The fourth-order valence-corrected chi connectivity index (χ4v) is 0.491. The lowest BCUT2D eigenvalue weighted by atomic mass is 10.6. The van der Waals surface area contributed by atoms with Gasteiger partial charge in [-0.15, -0.1) is 0 Å². The molecule has 12 heavy (non-hydrogen) atoms. The third kappa shape index (κ3) is 6.97. The summed E-state index contributed by atoms with van der Waals surface area (Å²) >= 11 is 0. The Bertz CT molecular complexity index is 160. The first-order valence-corrected chi connectivity index (χ1v) is 3.40. The van der Waals surface area contributed by atoms with Gasteiger partial charge in [0.25, 0.3) is 0 Å². The normalized spacial score (nSPS) is 9.42. The highest BCUT2D eigenvalue weighted by atomic mass is 16.5. The lowest BCUT2D eigenvalue weighted by Crippen LogP contribution is -2.31. The molecule has 0 fully saturated rings. The van der Waals surface area contributed by atoms with E-state index >= 15 is 0 Å². The van der Waals surface area contributed by atoms with Crippen LogP contribution in [0.15, 0.2) is 0 Å². The molecule has 0 spiro atoms. The number of carbonyl (C=O) groups excluding carboxylic acids is 2. The molecular weight excluding hydrogens is 164 g/mol. The average molecular weight is 176 g/mol. The Labute approximate surface area is 69.7 Å². The van der Waals surface area contributed by atoms with E-state index in [0.717, 1.165) is 0 Å². The molecule has 6 nitrogen and oxygen atoms in total. The largest absolute Gasteiger partial charge is 0.395 e. The van der Waals surface area contributed by atoms with E-state index in [9.17, 15) is 9.59 Å². The number of amides is 2. The molecule has 0 heterocycles. The van der Waals surface area contributed by atoms with Crippen LogP contribution in [0.5, 0.6) is 0 Å². The van der Waals surface area contributed by atoms with E-state index in [1.165, 1.54) is 0 Å². The molecule has 0 saturated carbocycles.